The van der Waals surface area contributed by atoms with Crippen molar-refractivity contribution in [3.05, 3.63) is 77.4 Å². The molecule has 1 aliphatic carbocycles. The zero-order valence-corrected chi connectivity index (χ0v) is 25.6. The third kappa shape index (κ3) is 8.70. The molecular weight excluding hydrogens is 524 g/mol. The first-order valence-electron chi connectivity index (χ1n) is 15.9. The number of hydrogen-bond donors (Lipinski definition) is 0. The molecule has 3 aromatic carbocycles. The lowest BCUT2D eigenvalue weighted by Crippen LogP contribution is -2.10. The van der Waals surface area contributed by atoms with Crippen molar-refractivity contribution in [1.82, 2.24) is 0 Å². The van der Waals surface area contributed by atoms with Crippen LogP contribution in [0.4, 0.5) is 0 Å². The van der Waals surface area contributed by atoms with E-state index in [1.54, 1.807) is 36.4 Å². The largest absolute Gasteiger partial charge is 0.494 e. The van der Waals surface area contributed by atoms with Crippen LogP contribution in [-0.2, 0) is 0 Å². The van der Waals surface area contributed by atoms with Crippen molar-refractivity contribution in [2.24, 2.45) is 5.92 Å². The molecule has 0 N–H and O–H groups in total. The molecule has 0 aromatic heterocycles. The maximum Gasteiger partial charge on any atom is 0.343 e. The summed E-state index contributed by atoms with van der Waals surface area (Å²) in [6.45, 7) is 7.83. The molecule has 0 fully saturated rings. The summed E-state index contributed by atoms with van der Waals surface area (Å²) in [7, 11) is 0. The van der Waals surface area contributed by atoms with E-state index < -0.39 is 5.97 Å². The highest BCUT2D eigenvalue weighted by Gasteiger charge is 2.28. The molecule has 0 spiro atoms. The van der Waals surface area contributed by atoms with E-state index in [0.29, 0.717) is 47.3 Å². The van der Waals surface area contributed by atoms with Crippen LogP contribution in [0, 0.1) is 5.92 Å². The van der Waals surface area contributed by atoms with Crippen LogP contribution in [0.25, 0.3) is 11.1 Å². The molecule has 1 unspecified atom stereocenters. The van der Waals surface area contributed by atoms with Crippen LogP contribution < -0.4 is 14.2 Å². The van der Waals surface area contributed by atoms with Crippen LogP contribution >= 0.6 is 0 Å². The Morgan fingerprint density at radius 3 is 1.88 bits per heavy atom. The van der Waals surface area contributed by atoms with Crippen LogP contribution in [0.1, 0.15) is 118 Å². The molecule has 5 heteroatoms. The lowest BCUT2D eigenvalue weighted by Gasteiger charge is -2.11. The van der Waals surface area contributed by atoms with Gasteiger partial charge in [-0.2, -0.15) is 0 Å². The Morgan fingerprint density at radius 1 is 0.643 bits per heavy atom. The number of fused-ring (bicyclic) bond motifs is 3. The lowest BCUT2D eigenvalue weighted by atomic mass is 10.0. The molecule has 0 aliphatic heterocycles. The smallest absolute Gasteiger partial charge is 0.343 e. The molecule has 0 saturated heterocycles. The monoisotopic (exact) mass is 570 g/mol. The Bertz CT molecular complexity index is 1310. The SMILES string of the molecule is CCCCCCCCCCCCOc1ccc2c(c1)C(=O)c1cc(C(=O)Oc3ccc(OCC(C)CC)cc3)ccc1-2. The van der Waals surface area contributed by atoms with E-state index >= 15 is 0 Å². The maximum absolute atomic E-state index is 13.3. The number of rotatable bonds is 18. The van der Waals surface area contributed by atoms with Gasteiger partial charge in [0.2, 0.25) is 0 Å². The summed E-state index contributed by atoms with van der Waals surface area (Å²) in [6.07, 6.45) is 13.9. The zero-order chi connectivity index (χ0) is 29.7. The molecule has 0 saturated carbocycles. The Kier molecular flexibility index (Phi) is 12.0. The average Bonchev–Trinajstić information content (AvgIpc) is 3.29. The van der Waals surface area contributed by atoms with Gasteiger partial charge in [0.1, 0.15) is 17.2 Å². The quantitative estimate of drug-likeness (QED) is 0.0677. The van der Waals surface area contributed by atoms with Gasteiger partial charge in [0.05, 0.1) is 18.8 Å². The van der Waals surface area contributed by atoms with Gasteiger partial charge < -0.3 is 14.2 Å². The zero-order valence-electron chi connectivity index (χ0n) is 25.6. The fraction of sp³-hybridized carbons (Fsp3) is 0.459. The molecule has 0 bridgehead atoms. The molecule has 42 heavy (non-hydrogen) atoms. The maximum atomic E-state index is 13.3. The highest BCUT2D eigenvalue weighted by molar-refractivity contribution is 6.22. The summed E-state index contributed by atoms with van der Waals surface area (Å²) in [4.78, 5) is 26.2. The Morgan fingerprint density at radius 2 is 1.21 bits per heavy atom. The highest BCUT2D eigenvalue weighted by Crippen LogP contribution is 2.39. The van der Waals surface area contributed by atoms with Crippen LogP contribution in [0.15, 0.2) is 60.7 Å². The van der Waals surface area contributed by atoms with Gasteiger partial charge in [-0.15, -0.1) is 0 Å². The molecule has 5 nitrogen and oxygen atoms in total. The van der Waals surface area contributed by atoms with Crippen molar-refractivity contribution in [2.45, 2.75) is 91.4 Å². The van der Waals surface area contributed by atoms with E-state index in [1.165, 1.54) is 57.8 Å². The first kappa shape index (κ1) is 31.3. The van der Waals surface area contributed by atoms with Crippen molar-refractivity contribution >= 4 is 11.8 Å². The van der Waals surface area contributed by atoms with Crippen LogP contribution in [0.2, 0.25) is 0 Å². The number of ketones is 1. The standard InChI is InChI=1S/C37H46O5/c1-4-6-7-8-9-10-11-12-13-14-23-40-31-20-22-33-32-21-15-28(24-34(32)36(38)35(33)25-31)37(39)42-30-18-16-29(17-19-30)41-26-27(3)5-2/h15-22,24-25,27H,4-14,23,26H2,1-3H3. The normalized spacial score (nSPS) is 12.5. The van der Waals surface area contributed by atoms with Crippen molar-refractivity contribution in [2.75, 3.05) is 13.2 Å². The molecule has 224 valence electrons. The molecule has 0 radical (unpaired) electrons. The number of hydrogen-bond acceptors (Lipinski definition) is 5. The van der Waals surface area contributed by atoms with Gasteiger partial charge in [-0.05, 0) is 78.1 Å². The summed E-state index contributed by atoms with van der Waals surface area (Å²) >= 11 is 0. The van der Waals surface area contributed by atoms with Crippen LogP contribution in [0.5, 0.6) is 17.2 Å². The number of unbranched alkanes of at least 4 members (excludes halogenated alkanes) is 9. The van der Waals surface area contributed by atoms with Crippen molar-refractivity contribution < 1.29 is 23.8 Å². The van der Waals surface area contributed by atoms with Gasteiger partial charge in [-0.25, -0.2) is 4.79 Å². The second-order valence-corrected chi connectivity index (χ2v) is 11.5. The lowest BCUT2D eigenvalue weighted by molar-refractivity contribution is 0.0734. The number of carbonyl (C=O) groups excluding carboxylic acids is 2. The number of ether oxygens (including phenoxy) is 3. The summed E-state index contributed by atoms with van der Waals surface area (Å²) in [5, 5.41) is 0. The summed E-state index contributed by atoms with van der Waals surface area (Å²) in [6, 6.07) is 17.9. The average molecular weight is 571 g/mol. The first-order chi connectivity index (χ1) is 20.5. The van der Waals surface area contributed by atoms with Crippen LogP contribution in [0.3, 0.4) is 0 Å². The Balaban J connectivity index is 1.25. The molecule has 1 atom stereocenters. The van der Waals surface area contributed by atoms with E-state index in [0.717, 1.165) is 29.7 Å². The van der Waals surface area contributed by atoms with Gasteiger partial charge in [0.25, 0.3) is 0 Å². The minimum absolute atomic E-state index is 0.0955. The fourth-order valence-electron chi connectivity index (χ4n) is 5.18. The molecule has 4 rings (SSSR count). The van der Waals surface area contributed by atoms with Crippen molar-refractivity contribution in [1.29, 1.82) is 0 Å². The minimum Gasteiger partial charge on any atom is -0.494 e. The van der Waals surface area contributed by atoms with Crippen LogP contribution in [-0.4, -0.2) is 25.0 Å². The number of benzene rings is 3. The van der Waals surface area contributed by atoms with Gasteiger partial charge in [-0.3, -0.25) is 4.79 Å². The molecule has 0 amide bonds. The summed E-state index contributed by atoms with van der Waals surface area (Å²) in [5.41, 5.74) is 3.17. The fourth-order valence-corrected chi connectivity index (χ4v) is 5.18. The Hall–Kier alpha value is -3.60. The minimum atomic E-state index is -0.504. The third-order valence-corrected chi connectivity index (χ3v) is 8.06. The second kappa shape index (κ2) is 16.1. The van der Waals surface area contributed by atoms with E-state index in [4.69, 9.17) is 14.2 Å². The van der Waals surface area contributed by atoms with Gasteiger partial charge in [-0.1, -0.05) is 91.0 Å². The summed E-state index contributed by atoms with van der Waals surface area (Å²) in [5.74, 6) is 1.75. The predicted molar refractivity (Wildman–Crippen MR) is 169 cm³/mol. The topological polar surface area (TPSA) is 61.8 Å². The second-order valence-electron chi connectivity index (χ2n) is 11.5. The van der Waals surface area contributed by atoms with E-state index in [1.807, 2.05) is 24.3 Å². The van der Waals surface area contributed by atoms with Crippen molar-refractivity contribution in [3.8, 4) is 28.4 Å². The van der Waals surface area contributed by atoms with E-state index in [9.17, 15) is 9.59 Å². The van der Waals surface area contributed by atoms with Crippen molar-refractivity contribution in [3.63, 3.8) is 0 Å². The number of carbonyl (C=O) groups is 2. The number of esters is 1. The molecule has 3 aromatic rings. The van der Waals surface area contributed by atoms with Gasteiger partial charge in [0, 0.05) is 11.1 Å². The molecule has 1 aliphatic rings. The van der Waals surface area contributed by atoms with Gasteiger partial charge >= 0.3 is 5.97 Å². The van der Waals surface area contributed by atoms with E-state index in [-0.39, 0.29) is 5.78 Å². The predicted octanol–water partition coefficient (Wildman–Crippen LogP) is 9.84. The molecular formula is C37H46O5. The van der Waals surface area contributed by atoms with Gasteiger partial charge in [0.15, 0.2) is 5.78 Å². The highest BCUT2D eigenvalue weighted by atomic mass is 16.5. The Labute approximate surface area is 251 Å². The van der Waals surface area contributed by atoms with E-state index in [2.05, 4.69) is 20.8 Å². The third-order valence-electron chi connectivity index (χ3n) is 8.06. The molecule has 0 heterocycles. The summed E-state index contributed by atoms with van der Waals surface area (Å²) < 4.78 is 17.3. The first-order valence-corrected chi connectivity index (χ1v) is 15.9.